The summed E-state index contributed by atoms with van der Waals surface area (Å²) >= 11 is 1.52. The maximum Gasteiger partial charge on any atom is 0.326 e. The Morgan fingerprint density at radius 3 is 2.69 bits per heavy atom. The minimum Gasteiger partial charge on any atom is -0.480 e. The van der Waals surface area contributed by atoms with Crippen LogP contribution in [0, 0.1) is 0 Å². The van der Waals surface area contributed by atoms with Crippen LogP contribution in [-0.2, 0) is 25.6 Å². The number of rotatable bonds is 11. The molecule has 1 saturated heterocycles. The van der Waals surface area contributed by atoms with Gasteiger partial charge in [-0.1, -0.05) is 18.2 Å². The number of aromatic amines is 1. The molecule has 0 radical (unpaired) electrons. The molecule has 10 nitrogen and oxygen atoms in total. The van der Waals surface area contributed by atoms with Gasteiger partial charge in [0.15, 0.2) is 0 Å². The third-order valence-corrected chi connectivity index (χ3v) is 6.89. The van der Waals surface area contributed by atoms with Crippen molar-refractivity contribution in [1.82, 2.24) is 20.5 Å². The Balaban J connectivity index is 1.59. The third kappa shape index (κ3) is 6.55. The highest BCUT2D eigenvalue weighted by atomic mass is 32.2. The molecule has 35 heavy (non-hydrogen) atoms. The average Bonchev–Trinajstić information content (AvgIpc) is 3.49. The zero-order chi connectivity index (χ0) is 25.5. The number of nitrogens with two attached hydrogens (primary N) is 1. The van der Waals surface area contributed by atoms with Crippen LogP contribution in [0.25, 0.3) is 10.9 Å². The van der Waals surface area contributed by atoms with Crippen LogP contribution in [0.4, 0.5) is 0 Å². The number of hydrogen-bond acceptors (Lipinski definition) is 6. The lowest BCUT2D eigenvalue weighted by atomic mass is 10.0. The van der Waals surface area contributed by atoms with Crippen molar-refractivity contribution in [2.45, 2.75) is 56.8 Å². The Morgan fingerprint density at radius 2 is 1.97 bits per heavy atom. The first kappa shape index (κ1) is 26.6. The Labute approximate surface area is 208 Å². The number of likely N-dealkylation sites (tertiary alicyclic amines) is 1. The van der Waals surface area contributed by atoms with E-state index in [1.165, 1.54) is 23.6 Å². The first-order valence-corrected chi connectivity index (χ1v) is 13.1. The Kier molecular flexibility index (Phi) is 9.16. The van der Waals surface area contributed by atoms with Gasteiger partial charge in [0.2, 0.25) is 17.7 Å². The summed E-state index contributed by atoms with van der Waals surface area (Å²) in [4.78, 5) is 54.6. The van der Waals surface area contributed by atoms with Crippen LogP contribution >= 0.6 is 11.8 Å². The second kappa shape index (κ2) is 12.1. The SMILES string of the molecule is CSCCC(NC(=O)C(C)NC(=O)C(N)Cc1c[nH]c2ccccc12)C(=O)N1CCCC1C(=O)O. The van der Waals surface area contributed by atoms with Crippen molar-refractivity contribution in [3.63, 3.8) is 0 Å². The van der Waals surface area contributed by atoms with Gasteiger partial charge in [0, 0.05) is 23.6 Å². The summed E-state index contributed by atoms with van der Waals surface area (Å²) < 4.78 is 0. The first-order chi connectivity index (χ1) is 16.7. The largest absolute Gasteiger partial charge is 0.480 e. The van der Waals surface area contributed by atoms with Gasteiger partial charge in [-0.25, -0.2) is 4.79 Å². The van der Waals surface area contributed by atoms with Gasteiger partial charge >= 0.3 is 5.97 Å². The maximum atomic E-state index is 13.1. The van der Waals surface area contributed by atoms with Gasteiger partial charge in [0.25, 0.3) is 0 Å². The highest BCUT2D eigenvalue weighted by Gasteiger charge is 2.37. The van der Waals surface area contributed by atoms with Crippen LogP contribution in [-0.4, -0.2) is 81.4 Å². The second-order valence-corrected chi connectivity index (χ2v) is 9.76. The van der Waals surface area contributed by atoms with Crippen LogP contribution in [0.2, 0.25) is 0 Å². The van der Waals surface area contributed by atoms with Crippen molar-refractivity contribution in [2.24, 2.45) is 5.73 Å². The summed E-state index contributed by atoms with van der Waals surface area (Å²) in [6.45, 7) is 1.87. The molecule has 1 aliphatic rings. The molecule has 2 aromatic rings. The first-order valence-electron chi connectivity index (χ1n) is 11.7. The van der Waals surface area contributed by atoms with Crippen LogP contribution in [0.1, 0.15) is 31.7 Å². The number of nitrogens with zero attached hydrogens (tertiary/aromatic N) is 1. The second-order valence-electron chi connectivity index (χ2n) is 8.77. The molecule has 0 aliphatic carbocycles. The third-order valence-electron chi connectivity index (χ3n) is 6.25. The maximum absolute atomic E-state index is 13.1. The van der Waals surface area contributed by atoms with E-state index in [0.717, 1.165) is 16.5 Å². The number of aromatic nitrogens is 1. The van der Waals surface area contributed by atoms with Crippen molar-refractivity contribution >= 4 is 46.4 Å². The average molecular weight is 504 g/mol. The number of nitrogens with one attached hydrogen (secondary N) is 3. The quantitative estimate of drug-likeness (QED) is 0.304. The van der Waals surface area contributed by atoms with Gasteiger partial charge in [-0.05, 0) is 56.2 Å². The fourth-order valence-electron chi connectivity index (χ4n) is 4.29. The van der Waals surface area contributed by atoms with Crippen LogP contribution in [0.15, 0.2) is 30.5 Å². The minimum absolute atomic E-state index is 0.296. The van der Waals surface area contributed by atoms with Crippen molar-refractivity contribution in [3.8, 4) is 0 Å². The smallest absolute Gasteiger partial charge is 0.326 e. The summed E-state index contributed by atoms with van der Waals surface area (Å²) in [5.74, 6) is -1.85. The molecule has 3 amide bonds. The van der Waals surface area contributed by atoms with Crippen LogP contribution in [0.3, 0.4) is 0 Å². The molecule has 1 aliphatic heterocycles. The number of carbonyl (C=O) groups is 4. The van der Waals surface area contributed by atoms with E-state index in [9.17, 15) is 24.3 Å². The number of fused-ring (bicyclic) bond motifs is 1. The van der Waals surface area contributed by atoms with E-state index >= 15 is 0 Å². The van der Waals surface area contributed by atoms with Gasteiger partial charge in [-0.3, -0.25) is 14.4 Å². The van der Waals surface area contributed by atoms with Gasteiger partial charge in [-0.2, -0.15) is 11.8 Å². The number of carboxylic acid groups (broad SMARTS) is 1. The molecule has 0 spiro atoms. The molecule has 0 bridgehead atoms. The zero-order valence-electron chi connectivity index (χ0n) is 20.0. The van der Waals surface area contributed by atoms with E-state index in [0.29, 0.717) is 38.0 Å². The molecule has 1 fully saturated rings. The predicted octanol–water partition coefficient (Wildman–Crippen LogP) is 0.856. The van der Waals surface area contributed by atoms with E-state index in [1.54, 1.807) is 0 Å². The van der Waals surface area contributed by atoms with E-state index in [4.69, 9.17) is 5.73 Å². The number of hydrogen-bond donors (Lipinski definition) is 5. The summed E-state index contributed by atoms with van der Waals surface area (Å²) in [7, 11) is 0. The van der Waals surface area contributed by atoms with E-state index in [2.05, 4.69) is 15.6 Å². The van der Waals surface area contributed by atoms with Crippen LogP contribution in [0.5, 0.6) is 0 Å². The lowest BCUT2D eigenvalue weighted by Crippen LogP contribution is -2.56. The van der Waals surface area contributed by atoms with Gasteiger partial charge in [-0.15, -0.1) is 0 Å². The molecule has 3 rings (SSSR count). The number of para-hydroxylation sites is 1. The van der Waals surface area contributed by atoms with Gasteiger partial charge in [0.1, 0.15) is 18.1 Å². The van der Waals surface area contributed by atoms with Crippen molar-refractivity contribution in [2.75, 3.05) is 18.6 Å². The molecule has 4 unspecified atom stereocenters. The number of benzene rings is 1. The predicted molar refractivity (Wildman–Crippen MR) is 135 cm³/mol. The molecule has 1 aromatic heterocycles. The summed E-state index contributed by atoms with van der Waals surface area (Å²) in [6, 6.07) is 4.18. The molecular formula is C24H33N5O5S. The van der Waals surface area contributed by atoms with E-state index < -0.39 is 47.9 Å². The topological polar surface area (TPSA) is 158 Å². The fraction of sp³-hybridized carbons (Fsp3) is 0.500. The van der Waals surface area contributed by atoms with Gasteiger partial charge < -0.3 is 31.4 Å². The normalized spacial score (nSPS) is 18.1. The standard InChI is InChI=1S/C24H33N5O5S/c1-14(27-22(31)17(25)12-15-13-26-18-7-4-3-6-16(15)18)21(30)28-19(9-11-35-2)23(32)29-10-5-8-20(29)24(33)34/h3-4,6-7,13-14,17,19-20,26H,5,8-12,25H2,1-2H3,(H,27,31)(H,28,30)(H,33,34). The number of thioether (sulfide) groups is 1. The minimum atomic E-state index is -1.05. The Bertz CT molecular complexity index is 1070. The van der Waals surface area contributed by atoms with Crippen LogP contribution < -0.4 is 16.4 Å². The van der Waals surface area contributed by atoms with Crippen molar-refractivity contribution in [3.05, 3.63) is 36.0 Å². The lowest BCUT2D eigenvalue weighted by molar-refractivity contribution is -0.149. The molecule has 190 valence electrons. The number of aliphatic carboxylic acids is 1. The highest BCUT2D eigenvalue weighted by molar-refractivity contribution is 7.98. The Hall–Kier alpha value is -3.05. The molecule has 6 N–H and O–H groups in total. The molecule has 1 aromatic carbocycles. The molecule has 0 saturated carbocycles. The number of amides is 3. The van der Waals surface area contributed by atoms with Gasteiger partial charge in [0.05, 0.1) is 6.04 Å². The number of carboxylic acids is 1. The van der Waals surface area contributed by atoms with E-state index in [1.807, 2.05) is 36.7 Å². The molecule has 4 atom stereocenters. The highest BCUT2D eigenvalue weighted by Crippen LogP contribution is 2.20. The van der Waals surface area contributed by atoms with Crippen molar-refractivity contribution in [1.29, 1.82) is 0 Å². The van der Waals surface area contributed by atoms with Crippen molar-refractivity contribution < 1.29 is 24.3 Å². The Morgan fingerprint density at radius 1 is 1.23 bits per heavy atom. The molecular weight excluding hydrogens is 470 g/mol. The lowest BCUT2D eigenvalue weighted by Gasteiger charge is -2.28. The van der Waals surface area contributed by atoms with E-state index in [-0.39, 0.29) is 0 Å². The number of carbonyl (C=O) groups excluding carboxylic acids is 3. The summed E-state index contributed by atoms with van der Waals surface area (Å²) in [6.07, 6.45) is 5.35. The summed E-state index contributed by atoms with van der Waals surface area (Å²) in [5.41, 5.74) is 7.97. The fourth-order valence-corrected chi connectivity index (χ4v) is 4.76. The molecule has 11 heteroatoms. The molecule has 2 heterocycles. The zero-order valence-corrected chi connectivity index (χ0v) is 20.8. The summed E-state index contributed by atoms with van der Waals surface area (Å²) in [5, 5.41) is 15.7. The monoisotopic (exact) mass is 503 g/mol. The number of H-pyrrole nitrogens is 1.